The highest BCUT2D eigenvalue weighted by molar-refractivity contribution is 7.99. The van der Waals surface area contributed by atoms with Crippen LogP contribution >= 0.6 is 11.8 Å². The van der Waals surface area contributed by atoms with Gasteiger partial charge in [0.15, 0.2) is 0 Å². The molecule has 1 heterocycles. The molecule has 0 radical (unpaired) electrons. The summed E-state index contributed by atoms with van der Waals surface area (Å²) in [5.41, 5.74) is 1.31. The largest absolute Gasteiger partial charge is 0.325 e. The van der Waals surface area contributed by atoms with Crippen molar-refractivity contribution in [3.63, 3.8) is 0 Å². The number of hydrogen-bond donors (Lipinski definition) is 2. The summed E-state index contributed by atoms with van der Waals surface area (Å²) in [6.45, 7) is 0. The van der Waals surface area contributed by atoms with Crippen LogP contribution in [0.15, 0.2) is 64.6 Å². The monoisotopic (exact) mass is 429 g/mol. The molecule has 8 nitrogen and oxygen atoms in total. The van der Waals surface area contributed by atoms with Crippen molar-refractivity contribution in [2.45, 2.75) is 28.8 Å². The van der Waals surface area contributed by atoms with Crippen LogP contribution in [-0.4, -0.2) is 34.8 Å². The van der Waals surface area contributed by atoms with Crippen LogP contribution < -0.4 is 10.5 Å². The summed E-state index contributed by atoms with van der Waals surface area (Å²) in [5.74, 6) is 1.14. The molecule has 1 aliphatic carbocycles. The van der Waals surface area contributed by atoms with Gasteiger partial charge in [-0.3, -0.25) is 4.79 Å². The molecule has 1 aliphatic rings. The lowest BCUT2D eigenvalue weighted by Gasteiger charge is -2.05. The highest BCUT2D eigenvalue weighted by Crippen LogP contribution is 2.40. The van der Waals surface area contributed by atoms with Crippen LogP contribution in [0.1, 0.15) is 24.6 Å². The molecule has 3 N–H and O–H groups in total. The van der Waals surface area contributed by atoms with Gasteiger partial charge in [-0.1, -0.05) is 36.0 Å². The minimum Gasteiger partial charge on any atom is -0.325 e. The predicted molar refractivity (Wildman–Crippen MR) is 111 cm³/mol. The summed E-state index contributed by atoms with van der Waals surface area (Å²) >= 11 is 1.23. The third kappa shape index (κ3) is 4.84. The molecule has 0 bridgehead atoms. The molecule has 4 rings (SSSR count). The van der Waals surface area contributed by atoms with Gasteiger partial charge in [-0.25, -0.2) is 23.2 Å². The van der Waals surface area contributed by atoms with Gasteiger partial charge in [0.1, 0.15) is 5.82 Å². The van der Waals surface area contributed by atoms with Gasteiger partial charge in [-0.15, -0.1) is 5.10 Å². The molecule has 1 saturated carbocycles. The molecular formula is C19H19N5O3S2. The molecule has 1 aromatic heterocycles. The fourth-order valence-electron chi connectivity index (χ4n) is 2.81. The average molecular weight is 430 g/mol. The fourth-order valence-corrected chi connectivity index (χ4v) is 4.00. The van der Waals surface area contributed by atoms with Crippen molar-refractivity contribution in [3.8, 4) is 5.69 Å². The Hall–Kier alpha value is -2.69. The zero-order valence-electron chi connectivity index (χ0n) is 15.4. The van der Waals surface area contributed by atoms with E-state index in [1.807, 2.05) is 35.0 Å². The second-order valence-electron chi connectivity index (χ2n) is 6.68. The number of anilines is 1. The molecule has 0 unspecified atom stereocenters. The predicted octanol–water partition coefficient (Wildman–Crippen LogP) is 2.52. The van der Waals surface area contributed by atoms with E-state index in [1.165, 1.54) is 30.0 Å². The maximum atomic E-state index is 12.3. The summed E-state index contributed by atoms with van der Waals surface area (Å²) in [5, 5.41) is 12.9. The van der Waals surface area contributed by atoms with Crippen molar-refractivity contribution in [2.24, 2.45) is 5.14 Å². The lowest BCUT2D eigenvalue weighted by atomic mass is 10.3. The zero-order chi connectivity index (χ0) is 20.4. The van der Waals surface area contributed by atoms with E-state index in [0.29, 0.717) is 16.8 Å². The number of amides is 1. The Morgan fingerprint density at radius 3 is 2.62 bits per heavy atom. The van der Waals surface area contributed by atoms with Gasteiger partial charge in [0.25, 0.3) is 0 Å². The molecule has 10 heteroatoms. The van der Waals surface area contributed by atoms with Gasteiger partial charge in [0, 0.05) is 11.6 Å². The first-order chi connectivity index (χ1) is 13.9. The van der Waals surface area contributed by atoms with E-state index < -0.39 is 10.0 Å². The van der Waals surface area contributed by atoms with Crippen molar-refractivity contribution >= 4 is 33.4 Å². The summed E-state index contributed by atoms with van der Waals surface area (Å²) in [4.78, 5) is 16.8. The van der Waals surface area contributed by atoms with Crippen LogP contribution in [0.4, 0.5) is 5.69 Å². The molecule has 1 fully saturated rings. The summed E-state index contributed by atoms with van der Waals surface area (Å²) in [6, 6.07) is 15.6. The van der Waals surface area contributed by atoms with Gasteiger partial charge in [-0.05, 0) is 43.2 Å². The second kappa shape index (κ2) is 7.97. The Labute approximate surface area is 172 Å². The minimum absolute atomic E-state index is 0.0553. The second-order valence-corrected chi connectivity index (χ2v) is 9.19. The van der Waals surface area contributed by atoms with Crippen molar-refractivity contribution in [2.75, 3.05) is 11.1 Å². The zero-order valence-corrected chi connectivity index (χ0v) is 17.0. The lowest BCUT2D eigenvalue weighted by Crippen LogP contribution is -2.16. The SMILES string of the molecule is NS(=O)(=O)c1cccc(NC(=O)CSc2nc(C3CC3)n(-c3ccccc3)n2)c1. The molecule has 0 spiro atoms. The number of carbonyl (C=O) groups is 1. The van der Waals surface area contributed by atoms with Crippen molar-refractivity contribution in [1.29, 1.82) is 0 Å². The Kier molecular flexibility index (Phi) is 5.39. The van der Waals surface area contributed by atoms with Crippen molar-refractivity contribution in [1.82, 2.24) is 14.8 Å². The number of nitrogens with zero attached hydrogens (tertiary/aromatic N) is 3. The number of carbonyl (C=O) groups excluding carboxylic acids is 1. The number of sulfonamides is 1. The molecule has 3 aromatic rings. The average Bonchev–Trinajstić information content (AvgIpc) is 3.46. The summed E-state index contributed by atoms with van der Waals surface area (Å²) in [7, 11) is -3.83. The highest BCUT2D eigenvalue weighted by atomic mass is 32.2. The van der Waals surface area contributed by atoms with E-state index in [4.69, 9.17) is 5.14 Å². The maximum Gasteiger partial charge on any atom is 0.238 e. The Morgan fingerprint density at radius 1 is 1.17 bits per heavy atom. The molecule has 29 heavy (non-hydrogen) atoms. The van der Waals surface area contributed by atoms with Gasteiger partial charge in [-0.2, -0.15) is 0 Å². The van der Waals surface area contributed by atoms with Crippen LogP contribution in [0.25, 0.3) is 5.69 Å². The van der Waals surface area contributed by atoms with Crippen LogP contribution in [0.5, 0.6) is 0 Å². The van der Waals surface area contributed by atoms with Crippen LogP contribution in [0.2, 0.25) is 0 Å². The van der Waals surface area contributed by atoms with Gasteiger partial charge in [0.2, 0.25) is 21.1 Å². The van der Waals surface area contributed by atoms with E-state index in [0.717, 1.165) is 24.4 Å². The standard InChI is InChI=1S/C19H19N5O3S2/c20-29(26,27)16-8-4-5-14(11-16)21-17(25)12-28-19-22-18(13-9-10-13)24(23-19)15-6-2-1-3-7-15/h1-8,11,13H,9-10,12H2,(H,21,25)(H2,20,26,27). The fraction of sp³-hybridized carbons (Fsp3) is 0.211. The van der Waals surface area contributed by atoms with E-state index in [1.54, 1.807) is 6.07 Å². The summed E-state index contributed by atoms with van der Waals surface area (Å²) < 4.78 is 24.7. The quantitative estimate of drug-likeness (QED) is 0.557. The van der Waals surface area contributed by atoms with Gasteiger partial charge in [0.05, 0.1) is 16.3 Å². The molecule has 0 saturated heterocycles. The number of thioether (sulfide) groups is 1. The number of benzene rings is 2. The first-order valence-corrected chi connectivity index (χ1v) is 11.5. The van der Waals surface area contributed by atoms with Gasteiger partial charge < -0.3 is 5.32 Å². The lowest BCUT2D eigenvalue weighted by molar-refractivity contribution is -0.113. The van der Waals surface area contributed by atoms with Crippen LogP contribution in [0.3, 0.4) is 0 Å². The Balaban J connectivity index is 1.44. The highest BCUT2D eigenvalue weighted by Gasteiger charge is 2.30. The number of nitrogens with one attached hydrogen (secondary N) is 1. The Bertz CT molecular complexity index is 1140. The van der Waals surface area contributed by atoms with E-state index >= 15 is 0 Å². The number of aromatic nitrogens is 3. The summed E-state index contributed by atoms with van der Waals surface area (Å²) in [6.07, 6.45) is 2.19. The molecule has 1 amide bonds. The number of primary sulfonamides is 1. The van der Waals surface area contributed by atoms with Gasteiger partial charge >= 0.3 is 0 Å². The number of hydrogen-bond acceptors (Lipinski definition) is 6. The van der Waals surface area contributed by atoms with E-state index in [2.05, 4.69) is 15.4 Å². The normalized spacial score (nSPS) is 14.0. The van der Waals surface area contributed by atoms with Crippen LogP contribution in [0, 0.1) is 0 Å². The first-order valence-electron chi connectivity index (χ1n) is 8.98. The van der Waals surface area contributed by atoms with E-state index in [-0.39, 0.29) is 16.6 Å². The number of rotatable bonds is 7. The molecule has 2 aromatic carbocycles. The third-order valence-electron chi connectivity index (χ3n) is 4.33. The topological polar surface area (TPSA) is 120 Å². The van der Waals surface area contributed by atoms with Crippen molar-refractivity contribution < 1.29 is 13.2 Å². The maximum absolute atomic E-state index is 12.3. The third-order valence-corrected chi connectivity index (χ3v) is 6.08. The Morgan fingerprint density at radius 2 is 1.93 bits per heavy atom. The van der Waals surface area contributed by atoms with E-state index in [9.17, 15) is 13.2 Å². The molecule has 0 atom stereocenters. The number of nitrogens with two attached hydrogens (primary N) is 1. The molecule has 0 aliphatic heterocycles. The smallest absolute Gasteiger partial charge is 0.238 e. The van der Waals surface area contributed by atoms with Crippen LogP contribution in [-0.2, 0) is 14.8 Å². The first kappa shape index (κ1) is 19.6. The molecular weight excluding hydrogens is 410 g/mol. The number of para-hydroxylation sites is 1. The van der Waals surface area contributed by atoms with Crippen molar-refractivity contribution in [3.05, 3.63) is 60.4 Å². The minimum atomic E-state index is -3.83. The molecule has 150 valence electrons.